The predicted octanol–water partition coefficient (Wildman–Crippen LogP) is 15.3. The highest BCUT2D eigenvalue weighted by Crippen LogP contribution is 2.42. The first-order chi connectivity index (χ1) is 30.7. The summed E-state index contributed by atoms with van der Waals surface area (Å²) in [6.07, 6.45) is 0. The van der Waals surface area contributed by atoms with Gasteiger partial charge in [-0.15, -0.1) is 0 Å². The van der Waals surface area contributed by atoms with Gasteiger partial charge in [-0.3, -0.25) is 0 Å². The molecule has 0 radical (unpaired) electrons. The molecule has 0 saturated carbocycles. The van der Waals surface area contributed by atoms with Crippen molar-refractivity contribution in [3.8, 4) is 78.7 Å². The molecule has 9 aromatic carbocycles. The summed E-state index contributed by atoms with van der Waals surface area (Å²) in [7, 11) is 0. The molecule has 0 unspecified atom stereocenters. The zero-order valence-corrected chi connectivity index (χ0v) is 33.4. The van der Waals surface area contributed by atoms with Crippen molar-refractivity contribution >= 4 is 43.9 Å². The number of aromatic nitrogens is 3. The molecule has 3 heterocycles. The van der Waals surface area contributed by atoms with Gasteiger partial charge in [-0.2, -0.15) is 0 Å². The Morgan fingerprint density at radius 3 is 1.26 bits per heavy atom. The molecule has 0 aliphatic rings. The van der Waals surface area contributed by atoms with E-state index in [0.29, 0.717) is 17.5 Å². The summed E-state index contributed by atoms with van der Waals surface area (Å²) in [6.45, 7) is 0. The lowest BCUT2D eigenvalue weighted by atomic mass is 9.95. The molecule has 5 heteroatoms. The summed E-state index contributed by atoms with van der Waals surface area (Å²) in [5, 5.41) is 4.07. The van der Waals surface area contributed by atoms with Gasteiger partial charge in [0.2, 0.25) is 0 Å². The molecule has 0 N–H and O–H groups in total. The SMILES string of the molecule is c1ccc(-c2cccc(-c3ccc4oc5cccc(-c6ccc7oc8cccc(-c9nc(-c%10ccccc%10)nc(-c%10cccc(-c%11ccccc%11)c%10)n9)c8c7c6)c5c4c3)c2)cc1. The number of hydrogen-bond acceptors (Lipinski definition) is 5. The summed E-state index contributed by atoms with van der Waals surface area (Å²) in [5.74, 6) is 1.78. The molecule has 0 amide bonds. The maximum Gasteiger partial charge on any atom is 0.164 e. The Balaban J connectivity index is 1.01. The third kappa shape index (κ3) is 6.23. The molecule has 12 rings (SSSR count). The van der Waals surface area contributed by atoms with E-state index < -0.39 is 0 Å². The fraction of sp³-hybridized carbons (Fsp3) is 0. The van der Waals surface area contributed by atoms with Gasteiger partial charge in [0.15, 0.2) is 17.5 Å². The number of furan rings is 2. The number of fused-ring (bicyclic) bond motifs is 6. The largest absolute Gasteiger partial charge is 0.456 e. The maximum atomic E-state index is 6.56. The third-order valence-corrected chi connectivity index (χ3v) is 11.7. The molecule has 0 fully saturated rings. The lowest BCUT2D eigenvalue weighted by Gasteiger charge is -2.10. The maximum absolute atomic E-state index is 6.56. The minimum Gasteiger partial charge on any atom is -0.456 e. The topological polar surface area (TPSA) is 65.0 Å². The van der Waals surface area contributed by atoms with Gasteiger partial charge < -0.3 is 8.83 Å². The van der Waals surface area contributed by atoms with Crippen molar-refractivity contribution in [2.24, 2.45) is 0 Å². The molecule has 5 nitrogen and oxygen atoms in total. The van der Waals surface area contributed by atoms with E-state index in [0.717, 1.165) is 93.9 Å². The molecular weight excluding hydrogens is 759 g/mol. The van der Waals surface area contributed by atoms with Gasteiger partial charge in [0.25, 0.3) is 0 Å². The van der Waals surface area contributed by atoms with Crippen LogP contribution in [0.5, 0.6) is 0 Å². The Labute approximate surface area is 357 Å². The van der Waals surface area contributed by atoms with Crippen molar-refractivity contribution in [3.63, 3.8) is 0 Å². The molecule has 0 aliphatic heterocycles. The van der Waals surface area contributed by atoms with Gasteiger partial charge in [0.05, 0.1) is 0 Å². The second kappa shape index (κ2) is 14.7. The van der Waals surface area contributed by atoms with Crippen LogP contribution < -0.4 is 0 Å². The molecule has 0 aliphatic carbocycles. The minimum absolute atomic E-state index is 0.574. The van der Waals surface area contributed by atoms with Crippen LogP contribution in [0.3, 0.4) is 0 Å². The number of hydrogen-bond donors (Lipinski definition) is 0. The van der Waals surface area contributed by atoms with Crippen molar-refractivity contribution in [1.29, 1.82) is 0 Å². The van der Waals surface area contributed by atoms with Crippen LogP contribution in [0.25, 0.3) is 123 Å². The van der Waals surface area contributed by atoms with Crippen LogP contribution in [0.1, 0.15) is 0 Å². The monoisotopic (exact) mass is 793 g/mol. The van der Waals surface area contributed by atoms with Crippen molar-refractivity contribution in [3.05, 3.63) is 212 Å². The Morgan fingerprint density at radius 2 is 0.645 bits per heavy atom. The normalized spacial score (nSPS) is 11.5. The average molecular weight is 794 g/mol. The van der Waals surface area contributed by atoms with Crippen LogP contribution in [0, 0.1) is 0 Å². The van der Waals surface area contributed by atoms with Crippen molar-refractivity contribution in [2.45, 2.75) is 0 Å². The Bertz CT molecular complexity index is 3630. The molecule has 0 saturated heterocycles. The first-order valence-electron chi connectivity index (χ1n) is 20.7. The summed E-state index contributed by atoms with van der Waals surface area (Å²) in [4.78, 5) is 15.4. The minimum atomic E-state index is 0.574. The molecule has 3 aromatic heterocycles. The fourth-order valence-corrected chi connectivity index (χ4v) is 8.75. The van der Waals surface area contributed by atoms with E-state index >= 15 is 0 Å². The zero-order valence-electron chi connectivity index (χ0n) is 33.4. The summed E-state index contributed by atoms with van der Waals surface area (Å²) in [6, 6.07) is 73.4. The van der Waals surface area contributed by atoms with E-state index in [1.165, 1.54) is 11.1 Å². The van der Waals surface area contributed by atoms with Crippen LogP contribution in [-0.4, -0.2) is 15.0 Å². The predicted molar refractivity (Wildman–Crippen MR) is 252 cm³/mol. The fourth-order valence-electron chi connectivity index (χ4n) is 8.75. The van der Waals surface area contributed by atoms with E-state index in [1.54, 1.807) is 0 Å². The van der Waals surface area contributed by atoms with Crippen LogP contribution in [0.2, 0.25) is 0 Å². The third-order valence-electron chi connectivity index (χ3n) is 11.7. The van der Waals surface area contributed by atoms with Crippen LogP contribution in [-0.2, 0) is 0 Å². The molecule has 0 bridgehead atoms. The first kappa shape index (κ1) is 35.5. The molecule has 0 spiro atoms. The van der Waals surface area contributed by atoms with Gasteiger partial charge in [0.1, 0.15) is 22.3 Å². The zero-order chi connectivity index (χ0) is 41.0. The quantitative estimate of drug-likeness (QED) is 0.161. The standard InChI is InChI=1S/C57H35N3O2/c1-4-14-36(15-5-1)39-20-10-22-41(32-39)42-28-30-49-47(34-42)53-45(24-12-26-51(53)61-49)43-29-31-50-48(35-43)54-46(25-13-27-52(54)62-50)57-59-55(38-18-8-3-9-19-38)58-56(60-57)44-23-11-21-40(33-44)37-16-6-2-7-17-37/h1-35H. The highest BCUT2D eigenvalue weighted by Gasteiger charge is 2.20. The number of rotatable bonds is 7. The Kier molecular flexibility index (Phi) is 8.42. The molecule has 12 aromatic rings. The van der Waals surface area contributed by atoms with Crippen LogP contribution in [0.4, 0.5) is 0 Å². The van der Waals surface area contributed by atoms with Crippen LogP contribution >= 0.6 is 0 Å². The molecule has 0 atom stereocenters. The molecule has 62 heavy (non-hydrogen) atoms. The Hall–Kier alpha value is -8.41. The van der Waals surface area contributed by atoms with Crippen molar-refractivity contribution in [2.75, 3.05) is 0 Å². The highest BCUT2D eigenvalue weighted by molar-refractivity contribution is 6.16. The van der Waals surface area contributed by atoms with Crippen LogP contribution in [0.15, 0.2) is 221 Å². The Morgan fingerprint density at radius 1 is 0.242 bits per heavy atom. The van der Waals surface area contributed by atoms with Gasteiger partial charge in [0, 0.05) is 38.2 Å². The van der Waals surface area contributed by atoms with Gasteiger partial charge in [-0.05, 0) is 93.0 Å². The van der Waals surface area contributed by atoms with E-state index in [9.17, 15) is 0 Å². The highest BCUT2D eigenvalue weighted by atomic mass is 16.3. The van der Waals surface area contributed by atoms with Gasteiger partial charge in [-0.25, -0.2) is 15.0 Å². The first-order valence-corrected chi connectivity index (χ1v) is 20.7. The summed E-state index contributed by atoms with van der Waals surface area (Å²) >= 11 is 0. The second-order valence-corrected chi connectivity index (χ2v) is 15.5. The van der Waals surface area contributed by atoms with E-state index in [1.807, 2.05) is 48.5 Å². The van der Waals surface area contributed by atoms with Gasteiger partial charge in [-0.1, -0.05) is 164 Å². The summed E-state index contributed by atoms with van der Waals surface area (Å²) in [5.41, 5.74) is 14.9. The number of nitrogens with zero attached hydrogens (tertiary/aromatic N) is 3. The van der Waals surface area contributed by atoms with Crippen molar-refractivity contribution in [1.82, 2.24) is 15.0 Å². The van der Waals surface area contributed by atoms with Gasteiger partial charge >= 0.3 is 0 Å². The average Bonchev–Trinajstić information content (AvgIpc) is 3.93. The smallest absolute Gasteiger partial charge is 0.164 e. The lowest BCUT2D eigenvalue weighted by molar-refractivity contribution is 0.669. The molecular formula is C57H35N3O2. The van der Waals surface area contributed by atoms with E-state index in [2.05, 4.69) is 164 Å². The van der Waals surface area contributed by atoms with Crippen molar-refractivity contribution < 1.29 is 8.83 Å². The van der Waals surface area contributed by atoms with E-state index in [4.69, 9.17) is 23.8 Å². The second-order valence-electron chi connectivity index (χ2n) is 15.5. The summed E-state index contributed by atoms with van der Waals surface area (Å²) < 4.78 is 13.1. The number of benzene rings is 9. The lowest BCUT2D eigenvalue weighted by Crippen LogP contribution is -2.00. The van der Waals surface area contributed by atoms with E-state index in [-0.39, 0.29) is 0 Å². The molecule has 290 valence electrons.